The van der Waals surface area contributed by atoms with Crippen molar-refractivity contribution in [3.63, 3.8) is 0 Å². The molecule has 0 radical (unpaired) electrons. The van der Waals surface area contributed by atoms with E-state index < -0.39 is 0 Å². The Kier molecular flexibility index (Phi) is 6.43. The molecule has 0 unspecified atom stereocenters. The second kappa shape index (κ2) is 8.99. The third-order valence-electron chi connectivity index (χ3n) is 3.92. The van der Waals surface area contributed by atoms with Gasteiger partial charge in [0.2, 0.25) is 11.0 Å². The summed E-state index contributed by atoms with van der Waals surface area (Å²) in [7, 11) is 0. The number of thioether (sulfide) groups is 1. The van der Waals surface area contributed by atoms with Crippen LogP contribution in [0.3, 0.4) is 0 Å². The van der Waals surface area contributed by atoms with Gasteiger partial charge in [-0.15, -0.1) is 10.2 Å². The SMILES string of the molecule is CC(=O)c1ccc(NC(=O)[C@H](C)Sc2nnc(Nc3ccc(C)cc3)s2)cc1. The highest BCUT2D eigenvalue weighted by Crippen LogP contribution is 2.31. The number of benzene rings is 2. The molecule has 3 aromatic rings. The van der Waals surface area contributed by atoms with Crippen LogP contribution in [-0.4, -0.2) is 27.1 Å². The lowest BCUT2D eigenvalue weighted by molar-refractivity contribution is -0.115. The van der Waals surface area contributed by atoms with Gasteiger partial charge in [0, 0.05) is 16.9 Å². The van der Waals surface area contributed by atoms with Crippen LogP contribution in [-0.2, 0) is 4.79 Å². The van der Waals surface area contributed by atoms with Crippen molar-refractivity contribution in [2.75, 3.05) is 10.6 Å². The van der Waals surface area contributed by atoms with Crippen molar-refractivity contribution in [2.45, 2.75) is 30.4 Å². The minimum absolute atomic E-state index is 0.00637. The van der Waals surface area contributed by atoms with E-state index in [-0.39, 0.29) is 16.9 Å². The summed E-state index contributed by atoms with van der Waals surface area (Å²) in [5.41, 5.74) is 3.40. The van der Waals surface area contributed by atoms with Gasteiger partial charge in [-0.2, -0.15) is 0 Å². The quantitative estimate of drug-likeness (QED) is 0.424. The first-order chi connectivity index (χ1) is 13.4. The number of aromatic nitrogens is 2. The van der Waals surface area contributed by atoms with Gasteiger partial charge >= 0.3 is 0 Å². The Balaban J connectivity index is 1.55. The van der Waals surface area contributed by atoms with Gasteiger partial charge in [0.05, 0.1) is 5.25 Å². The lowest BCUT2D eigenvalue weighted by Crippen LogP contribution is -2.22. The molecule has 28 heavy (non-hydrogen) atoms. The van der Waals surface area contributed by atoms with E-state index in [1.807, 2.05) is 38.1 Å². The number of anilines is 3. The Morgan fingerprint density at radius 2 is 1.64 bits per heavy atom. The molecule has 1 amide bonds. The van der Waals surface area contributed by atoms with Crippen molar-refractivity contribution < 1.29 is 9.59 Å². The molecule has 3 rings (SSSR count). The minimum Gasteiger partial charge on any atom is -0.330 e. The molecule has 1 aromatic heterocycles. The third-order valence-corrected chi connectivity index (χ3v) is 5.94. The first-order valence-electron chi connectivity index (χ1n) is 8.66. The first-order valence-corrected chi connectivity index (χ1v) is 10.4. The number of amides is 1. The van der Waals surface area contributed by atoms with E-state index >= 15 is 0 Å². The second-order valence-corrected chi connectivity index (χ2v) is 8.81. The van der Waals surface area contributed by atoms with Crippen LogP contribution in [0.4, 0.5) is 16.5 Å². The van der Waals surface area contributed by atoms with E-state index in [9.17, 15) is 9.59 Å². The Morgan fingerprint density at radius 3 is 2.29 bits per heavy atom. The molecule has 2 N–H and O–H groups in total. The Labute approximate surface area is 171 Å². The number of carbonyl (C=O) groups is 2. The van der Waals surface area contributed by atoms with Gasteiger partial charge in [0.15, 0.2) is 10.1 Å². The molecule has 144 valence electrons. The van der Waals surface area contributed by atoms with Crippen LogP contribution in [0, 0.1) is 6.92 Å². The molecule has 0 aliphatic rings. The van der Waals surface area contributed by atoms with Crippen LogP contribution in [0.25, 0.3) is 0 Å². The molecular weight excluding hydrogens is 392 g/mol. The van der Waals surface area contributed by atoms with E-state index in [2.05, 4.69) is 20.8 Å². The number of carbonyl (C=O) groups excluding carboxylic acids is 2. The molecule has 0 fully saturated rings. The van der Waals surface area contributed by atoms with Crippen molar-refractivity contribution in [3.05, 3.63) is 59.7 Å². The molecule has 2 aromatic carbocycles. The highest BCUT2D eigenvalue weighted by atomic mass is 32.2. The predicted molar refractivity (Wildman–Crippen MR) is 115 cm³/mol. The van der Waals surface area contributed by atoms with Crippen LogP contribution in [0.1, 0.15) is 29.8 Å². The van der Waals surface area contributed by atoms with Gasteiger partial charge in [-0.1, -0.05) is 40.8 Å². The zero-order valence-corrected chi connectivity index (χ0v) is 17.4. The summed E-state index contributed by atoms with van der Waals surface area (Å²) in [5.74, 6) is -0.142. The van der Waals surface area contributed by atoms with Crippen LogP contribution >= 0.6 is 23.1 Å². The third kappa shape index (κ3) is 5.40. The van der Waals surface area contributed by atoms with Crippen LogP contribution < -0.4 is 10.6 Å². The van der Waals surface area contributed by atoms with Gasteiger partial charge in [-0.3, -0.25) is 9.59 Å². The molecular formula is C20H20N4O2S2. The van der Waals surface area contributed by atoms with E-state index in [1.165, 1.54) is 35.6 Å². The second-order valence-electron chi connectivity index (χ2n) is 6.25. The number of aryl methyl sites for hydroxylation is 1. The maximum atomic E-state index is 12.4. The molecule has 0 spiro atoms. The highest BCUT2D eigenvalue weighted by Gasteiger charge is 2.17. The normalized spacial score (nSPS) is 11.7. The number of nitrogens with one attached hydrogen (secondary N) is 2. The summed E-state index contributed by atoms with van der Waals surface area (Å²) >= 11 is 2.75. The van der Waals surface area contributed by atoms with E-state index in [0.717, 1.165) is 5.69 Å². The minimum atomic E-state index is -0.340. The van der Waals surface area contributed by atoms with Gasteiger partial charge in [0.1, 0.15) is 0 Å². The van der Waals surface area contributed by atoms with Gasteiger partial charge < -0.3 is 10.6 Å². The Hall–Kier alpha value is -2.71. The molecule has 0 aliphatic heterocycles. The maximum absolute atomic E-state index is 12.4. The fourth-order valence-electron chi connectivity index (χ4n) is 2.31. The van der Waals surface area contributed by atoms with Crippen LogP contribution in [0.5, 0.6) is 0 Å². The van der Waals surface area contributed by atoms with E-state index in [1.54, 1.807) is 24.3 Å². The van der Waals surface area contributed by atoms with Crippen molar-refractivity contribution in [1.29, 1.82) is 0 Å². The zero-order valence-electron chi connectivity index (χ0n) is 15.7. The summed E-state index contributed by atoms with van der Waals surface area (Å²) in [6.45, 7) is 5.36. The number of hydrogen-bond donors (Lipinski definition) is 2. The fourth-order valence-corrected chi connectivity index (χ4v) is 4.22. The molecule has 6 nitrogen and oxygen atoms in total. The lowest BCUT2D eigenvalue weighted by Gasteiger charge is -2.10. The van der Waals surface area contributed by atoms with Crippen LogP contribution in [0.15, 0.2) is 52.9 Å². The Morgan fingerprint density at radius 1 is 1.00 bits per heavy atom. The molecule has 1 heterocycles. The predicted octanol–water partition coefficient (Wildman–Crippen LogP) is 4.91. The average molecular weight is 413 g/mol. The van der Waals surface area contributed by atoms with Crippen molar-refractivity contribution in [3.8, 4) is 0 Å². The van der Waals surface area contributed by atoms with Crippen molar-refractivity contribution in [2.24, 2.45) is 0 Å². The maximum Gasteiger partial charge on any atom is 0.237 e. The largest absolute Gasteiger partial charge is 0.330 e. The highest BCUT2D eigenvalue weighted by molar-refractivity contribution is 8.02. The molecule has 8 heteroatoms. The van der Waals surface area contributed by atoms with E-state index in [4.69, 9.17) is 0 Å². The lowest BCUT2D eigenvalue weighted by atomic mass is 10.1. The van der Waals surface area contributed by atoms with Gasteiger partial charge in [0.25, 0.3) is 0 Å². The summed E-state index contributed by atoms with van der Waals surface area (Å²) in [5, 5.41) is 14.7. The van der Waals surface area contributed by atoms with Crippen molar-refractivity contribution >= 4 is 51.3 Å². The van der Waals surface area contributed by atoms with Crippen LogP contribution in [0.2, 0.25) is 0 Å². The summed E-state index contributed by atoms with van der Waals surface area (Å²) in [6, 6.07) is 14.9. The molecule has 0 aliphatic carbocycles. The number of ketones is 1. The van der Waals surface area contributed by atoms with Crippen molar-refractivity contribution in [1.82, 2.24) is 10.2 Å². The van der Waals surface area contributed by atoms with Gasteiger partial charge in [-0.05, 0) is 57.2 Å². The number of rotatable bonds is 7. The first kappa shape index (κ1) is 20.0. The Bertz CT molecular complexity index is 969. The van der Waals surface area contributed by atoms with E-state index in [0.29, 0.717) is 20.7 Å². The number of hydrogen-bond acceptors (Lipinski definition) is 7. The average Bonchev–Trinajstić information content (AvgIpc) is 3.10. The number of nitrogens with zero attached hydrogens (tertiary/aromatic N) is 2. The summed E-state index contributed by atoms with van der Waals surface area (Å²) in [4.78, 5) is 23.7. The molecule has 0 bridgehead atoms. The topological polar surface area (TPSA) is 84.0 Å². The summed E-state index contributed by atoms with van der Waals surface area (Å²) < 4.78 is 0.712. The summed E-state index contributed by atoms with van der Waals surface area (Å²) in [6.07, 6.45) is 0. The standard InChI is InChI=1S/C20H20N4O2S2/c1-12-4-8-17(9-5-12)22-19-23-24-20(28-19)27-14(3)18(26)21-16-10-6-15(7-11-16)13(2)25/h4-11,14H,1-3H3,(H,21,26)(H,22,23)/t14-/m0/s1. The number of Topliss-reactive ketones (excluding diaryl/α,β-unsaturated/α-hetero) is 1. The van der Waals surface area contributed by atoms with Gasteiger partial charge in [-0.25, -0.2) is 0 Å². The molecule has 0 saturated carbocycles. The molecule has 1 atom stereocenters. The monoisotopic (exact) mass is 412 g/mol. The zero-order chi connectivity index (χ0) is 20.1. The molecule has 0 saturated heterocycles. The fraction of sp³-hybridized carbons (Fsp3) is 0.200. The smallest absolute Gasteiger partial charge is 0.237 e.